The van der Waals surface area contributed by atoms with E-state index < -0.39 is 0 Å². The van der Waals surface area contributed by atoms with Gasteiger partial charge in [-0.25, -0.2) is 9.55 Å². The molecule has 1 rings (SSSR count). The van der Waals surface area contributed by atoms with Gasteiger partial charge in [0.1, 0.15) is 12.4 Å². The first-order valence-corrected chi connectivity index (χ1v) is 17.8. The van der Waals surface area contributed by atoms with Crippen LogP contribution in [0.1, 0.15) is 219 Å². The van der Waals surface area contributed by atoms with Crippen molar-refractivity contribution in [3.8, 4) is 0 Å². The maximum atomic E-state index is 3.70. The molecule has 2 heteroatoms. The summed E-state index contributed by atoms with van der Waals surface area (Å²) in [4.78, 5) is 3.70. The minimum absolute atomic E-state index is 0.619. The van der Waals surface area contributed by atoms with Gasteiger partial charge < -0.3 is 0 Å². The van der Waals surface area contributed by atoms with E-state index in [0.29, 0.717) is 12.0 Å². The minimum atomic E-state index is 0.619. The average molecular weight is 532 g/mol. The summed E-state index contributed by atoms with van der Waals surface area (Å²) in [6, 6.07) is 0.619. The number of nitrogens with zero attached hydrogens (tertiary/aromatic N) is 1. The highest BCUT2D eigenvalue weighted by Crippen LogP contribution is 2.27. The van der Waals surface area contributed by atoms with Crippen LogP contribution in [0.4, 0.5) is 0 Å². The molecule has 0 saturated heterocycles. The molecular formula is C36H71N2+. The van der Waals surface area contributed by atoms with Gasteiger partial charge in [-0.05, 0) is 32.6 Å². The van der Waals surface area contributed by atoms with Crippen LogP contribution in [-0.4, -0.2) is 4.98 Å². The molecule has 0 aliphatic rings. The molecule has 38 heavy (non-hydrogen) atoms. The minimum Gasteiger partial charge on any atom is -0.247 e. The lowest BCUT2D eigenvalue weighted by Crippen LogP contribution is -2.41. The number of nitrogens with one attached hydrogen (secondary N) is 1. The van der Waals surface area contributed by atoms with Gasteiger partial charge in [0.2, 0.25) is 0 Å². The second kappa shape index (κ2) is 26.4. The predicted molar refractivity (Wildman–Crippen MR) is 170 cm³/mol. The van der Waals surface area contributed by atoms with Gasteiger partial charge in [-0.2, -0.15) is 0 Å². The summed E-state index contributed by atoms with van der Waals surface area (Å²) in [6.45, 7) is 9.36. The lowest BCUT2D eigenvalue weighted by Gasteiger charge is -2.17. The van der Waals surface area contributed by atoms with E-state index in [1.807, 2.05) is 0 Å². The van der Waals surface area contributed by atoms with E-state index >= 15 is 0 Å². The van der Waals surface area contributed by atoms with Crippen LogP contribution in [0.25, 0.3) is 0 Å². The Bertz CT molecular complexity index is 592. The summed E-state index contributed by atoms with van der Waals surface area (Å²) in [7, 11) is 0. The molecule has 0 spiro atoms. The van der Waals surface area contributed by atoms with Gasteiger partial charge in [0.25, 0.3) is 5.82 Å². The molecule has 1 heterocycles. The second-order valence-corrected chi connectivity index (χ2v) is 12.6. The number of unbranched alkanes of at least 4 members (excludes halogenated alkanes) is 21. The molecule has 0 aromatic carbocycles. The van der Waals surface area contributed by atoms with Gasteiger partial charge >= 0.3 is 0 Å². The highest BCUT2D eigenvalue weighted by molar-refractivity contribution is 4.90. The van der Waals surface area contributed by atoms with Crippen molar-refractivity contribution in [2.24, 2.45) is 0 Å². The number of aromatic amines is 1. The molecular weight excluding hydrogens is 460 g/mol. The smallest absolute Gasteiger partial charge is 0.247 e. The van der Waals surface area contributed by atoms with Crippen LogP contribution < -0.4 is 4.57 Å². The van der Waals surface area contributed by atoms with E-state index in [-0.39, 0.29) is 0 Å². The van der Waals surface area contributed by atoms with Crippen molar-refractivity contribution in [3.05, 3.63) is 18.2 Å². The summed E-state index contributed by atoms with van der Waals surface area (Å²) >= 11 is 0. The van der Waals surface area contributed by atoms with Crippen LogP contribution >= 0.6 is 0 Å². The molecule has 1 aromatic heterocycles. The molecule has 2 nitrogen and oxygen atoms in total. The number of H-pyrrole nitrogens is 1. The Morgan fingerprint density at radius 2 is 0.868 bits per heavy atom. The standard InChI is InChI=1S/C36H70N2/c1-5-8-11-13-15-17-18-19-20-22-24-26-28-31-35(30-27-25-23-21-16-14-12-9-6-2)36-37-32-33-38(36)34(4)29-10-7-3/h32-35H,5-31H2,1-4H3/p+1. The highest BCUT2D eigenvalue weighted by atomic mass is 15.1. The molecule has 0 aliphatic heterocycles. The Hall–Kier alpha value is -0.790. The van der Waals surface area contributed by atoms with E-state index in [2.05, 4.69) is 49.6 Å². The van der Waals surface area contributed by atoms with Crippen LogP contribution in [-0.2, 0) is 0 Å². The molecule has 1 N–H and O–H groups in total. The second-order valence-electron chi connectivity index (χ2n) is 12.6. The SMILES string of the molecule is CCCCCCCCCCCCCCCC(CCCCCCCCCCC)c1[nH]cc[n+]1C(C)CCCC. The number of imidazole rings is 1. The van der Waals surface area contributed by atoms with Crippen molar-refractivity contribution in [2.75, 3.05) is 0 Å². The van der Waals surface area contributed by atoms with Gasteiger partial charge in [-0.1, -0.05) is 168 Å². The van der Waals surface area contributed by atoms with E-state index in [0.717, 1.165) is 0 Å². The van der Waals surface area contributed by atoms with Crippen LogP contribution in [0.2, 0.25) is 0 Å². The molecule has 0 radical (unpaired) electrons. The van der Waals surface area contributed by atoms with Crippen LogP contribution in [0.3, 0.4) is 0 Å². The van der Waals surface area contributed by atoms with Crippen molar-refractivity contribution in [2.45, 2.75) is 213 Å². The van der Waals surface area contributed by atoms with Crippen LogP contribution in [0.15, 0.2) is 12.4 Å². The zero-order valence-corrected chi connectivity index (χ0v) is 26.8. The first-order chi connectivity index (χ1) is 18.7. The van der Waals surface area contributed by atoms with Crippen LogP contribution in [0, 0.1) is 0 Å². The molecule has 0 bridgehead atoms. The molecule has 0 aliphatic carbocycles. The van der Waals surface area contributed by atoms with Crippen molar-refractivity contribution in [1.82, 2.24) is 4.98 Å². The Morgan fingerprint density at radius 3 is 1.26 bits per heavy atom. The lowest BCUT2D eigenvalue weighted by atomic mass is 9.92. The molecule has 0 fully saturated rings. The van der Waals surface area contributed by atoms with Crippen molar-refractivity contribution in [3.63, 3.8) is 0 Å². The van der Waals surface area contributed by atoms with Crippen molar-refractivity contribution >= 4 is 0 Å². The lowest BCUT2D eigenvalue weighted by molar-refractivity contribution is -0.727. The number of rotatable bonds is 29. The predicted octanol–water partition coefficient (Wildman–Crippen LogP) is 12.5. The molecule has 224 valence electrons. The highest BCUT2D eigenvalue weighted by Gasteiger charge is 2.25. The van der Waals surface area contributed by atoms with Gasteiger partial charge in [-0.3, -0.25) is 0 Å². The first kappa shape index (κ1) is 35.2. The largest absolute Gasteiger partial charge is 0.257 e. The fraction of sp³-hybridized carbons (Fsp3) is 0.917. The Morgan fingerprint density at radius 1 is 0.500 bits per heavy atom. The quantitative estimate of drug-likeness (QED) is 0.0783. The van der Waals surface area contributed by atoms with E-state index in [9.17, 15) is 0 Å². The van der Waals surface area contributed by atoms with Gasteiger partial charge in [0, 0.05) is 0 Å². The Balaban J connectivity index is 2.33. The van der Waals surface area contributed by atoms with Crippen molar-refractivity contribution < 1.29 is 4.57 Å². The van der Waals surface area contributed by atoms with E-state index in [4.69, 9.17) is 0 Å². The maximum absolute atomic E-state index is 3.70. The molecule has 2 unspecified atom stereocenters. The zero-order valence-electron chi connectivity index (χ0n) is 26.8. The molecule has 1 aromatic rings. The summed E-state index contributed by atoms with van der Waals surface area (Å²) in [6.07, 6.45) is 42.8. The number of aromatic nitrogens is 2. The van der Waals surface area contributed by atoms with Gasteiger partial charge in [-0.15, -0.1) is 0 Å². The Labute approximate surface area is 240 Å². The van der Waals surface area contributed by atoms with E-state index in [1.54, 1.807) is 0 Å². The molecule has 0 amide bonds. The van der Waals surface area contributed by atoms with Gasteiger partial charge in [0.05, 0.1) is 12.0 Å². The van der Waals surface area contributed by atoms with E-state index in [1.165, 1.54) is 179 Å². The third kappa shape index (κ3) is 18.5. The fourth-order valence-corrected chi connectivity index (χ4v) is 6.24. The third-order valence-electron chi connectivity index (χ3n) is 8.89. The zero-order chi connectivity index (χ0) is 27.5. The number of hydrogen-bond acceptors (Lipinski definition) is 0. The van der Waals surface area contributed by atoms with Crippen LogP contribution in [0.5, 0.6) is 0 Å². The van der Waals surface area contributed by atoms with Crippen molar-refractivity contribution in [1.29, 1.82) is 0 Å². The maximum Gasteiger partial charge on any atom is 0.257 e. The average Bonchev–Trinajstić information content (AvgIpc) is 3.42. The summed E-state index contributed by atoms with van der Waals surface area (Å²) in [5.74, 6) is 2.23. The topological polar surface area (TPSA) is 19.7 Å². The normalized spacial score (nSPS) is 13.3. The summed E-state index contributed by atoms with van der Waals surface area (Å²) in [5, 5.41) is 0. The Kier molecular flexibility index (Phi) is 24.5. The third-order valence-corrected chi connectivity index (χ3v) is 8.89. The summed E-state index contributed by atoms with van der Waals surface area (Å²) in [5.41, 5.74) is 0. The fourth-order valence-electron chi connectivity index (χ4n) is 6.24. The molecule has 0 saturated carbocycles. The first-order valence-electron chi connectivity index (χ1n) is 17.8. The molecule has 2 atom stereocenters. The summed E-state index contributed by atoms with van der Waals surface area (Å²) < 4.78 is 2.59. The monoisotopic (exact) mass is 532 g/mol. The number of hydrogen-bond donors (Lipinski definition) is 1. The van der Waals surface area contributed by atoms with Gasteiger partial charge in [0.15, 0.2) is 0 Å².